The van der Waals surface area contributed by atoms with Crippen LogP contribution in [0.25, 0.3) is 22.4 Å². The van der Waals surface area contributed by atoms with Gasteiger partial charge in [0.2, 0.25) is 0 Å². The fourth-order valence-electron chi connectivity index (χ4n) is 4.89. The first-order valence-electron chi connectivity index (χ1n) is 10.7. The summed E-state index contributed by atoms with van der Waals surface area (Å²) in [5, 5.41) is 9.76. The number of nitriles is 1. The molecule has 2 fully saturated rings. The largest absolute Gasteiger partial charge is 0.380 e. The topological polar surface area (TPSA) is 90.7 Å². The lowest BCUT2D eigenvalue weighted by Gasteiger charge is -2.43. The number of rotatable bonds is 5. The van der Waals surface area contributed by atoms with Crippen molar-refractivity contribution >= 4 is 11.2 Å². The van der Waals surface area contributed by atoms with E-state index in [0.29, 0.717) is 31.0 Å². The Morgan fingerprint density at radius 1 is 1.30 bits per heavy atom. The highest BCUT2D eigenvalue weighted by atomic mass is 16.5. The molecule has 0 spiro atoms. The summed E-state index contributed by atoms with van der Waals surface area (Å²) >= 11 is 0. The van der Waals surface area contributed by atoms with E-state index in [-0.39, 0.29) is 6.04 Å². The zero-order valence-electron chi connectivity index (χ0n) is 17.2. The van der Waals surface area contributed by atoms with Gasteiger partial charge in [-0.1, -0.05) is 6.92 Å². The summed E-state index contributed by atoms with van der Waals surface area (Å²) in [5.74, 6) is 1.36. The van der Waals surface area contributed by atoms with Crippen molar-refractivity contribution in [1.29, 1.82) is 5.26 Å². The van der Waals surface area contributed by atoms with Crippen LogP contribution in [0.4, 0.5) is 0 Å². The van der Waals surface area contributed by atoms with Crippen LogP contribution in [0.3, 0.4) is 0 Å². The molecule has 7 heteroatoms. The van der Waals surface area contributed by atoms with E-state index in [1.54, 1.807) is 0 Å². The Morgan fingerprint density at radius 2 is 2.20 bits per heavy atom. The minimum absolute atomic E-state index is 0.0472. The number of nitrogens with zero attached hydrogens (tertiary/aromatic N) is 5. The molecule has 3 aromatic rings. The molecule has 0 aliphatic carbocycles. The van der Waals surface area contributed by atoms with Gasteiger partial charge in [0.05, 0.1) is 36.9 Å². The third-order valence-electron chi connectivity index (χ3n) is 6.32. The van der Waals surface area contributed by atoms with Crippen LogP contribution in [-0.4, -0.2) is 57.2 Å². The number of aromatic amines is 1. The van der Waals surface area contributed by atoms with Crippen molar-refractivity contribution < 1.29 is 4.74 Å². The third-order valence-corrected chi connectivity index (χ3v) is 6.32. The standard InChI is InChI=1S/C23H26N6O/c1-15-7-16(12-29(11-15)22(9-24)17-13-30-14-17)8-20-18(3-2-5-25-20)21-10-27-23-19(28-21)4-6-26-23/h2-6,10,15-17,22H,7-8,11-14H2,1H3,(H,26,27)/t15-,16+,22?/m0/s1. The summed E-state index contributed by atoms with van der Waals surface area (Å²) in [6.45, 7) is 5.61. The first-order valence-corrected chi connectivity index (χ1v) is 10.7. The van der Waals surface area contributed by atoms with E-state index in [1.165, 1.54) is 0 Å². The Labute approximate surface area is 176 Å². The van der Waals surface area contributed by atoms with Crippen molar-refractivity contribution in [2.24, 2.45) is 17.8 Å². The van der Waals surface area contributed by atoms with E-state index in [4.69, 9.17) is 14.7 Å². The second-order valence-electron chi connectivity index (χ2n) is 8.70. The number of likely N-dealkylation sites (tertiary alicyclic amines) is 1. The lowest BCUT2D eigenvalue weighted by atomic mass is 9.84. The summed E-state index contributed by atoms with van der Waals surface area (Å²) in [4.78, 5) is 19.5. The normalized spacial score (nSPS) is 23.7. The molecule has 2 aliphatic heterocycles. The van der Waals surface area contributed by atoms with Crippen LogP contribution in [-0.2, 0) is 11.2 Å². The maximum absolute atomic E-state index is 9.76. The minimum Gasteiger partial charge on any atom is -0.380 e. The Hall–Kier alpha value is -2.82. The molecule has 7 nitrogen and oxygen atoms in total. The van der Waals surface area contributed by atoms with Crippen molar-refractivity contribution in [3.05, 3.63) is 42.5 Å². The summed E-state index contributed by atoms with van der Waals surface area (Å²) in [6.07, 6.45) is 7.55. The van der Waals surface area contributed by atoms with Crippen LogP contribution < -0.4 is 0 Å². The third kappa shape index (κ3) is 3.69. The van der Waals surface area contributed by atoms with Crippen LogP contribution in [0, 0.1) is 29.1 Å². The quantitative estimate of drug-likeness (QED) is 0.705. The number of ether oxygens (including phenoxy) is 1. The van der Waals surface area contributed by atoms with E-state index in [9.17, 15) is 5.26 Å². The van der Waals surface area contributed by atoms with E-state index in [1.807, 2.05) is 30.7 Å². The highest BCUT2D eigenvalue weighted by Crippen LogP contribution is 2.31. The molecule has 30 heavy (non-hydrogen) atoms. The summed E-state index contributed by atoms with van der Waals surface area (Å²) in [5.41, 5.74) is 4.61. The van der Waals surface area contributed by atoms with Gasteiger partial charge in [-0.2, -0.15) is 5.26 Å². The number of fused-ring (bicyclic) bond motifs is 1. The lowest BCUT2D eigenvalue weighted by Crippen LogP contribution is -2.52. The molecule has 2 aliphatic rings. The average molecular weight is 403 g/mol. The maximum atomic E-state index is 9.76. The summed E-state index contributed by atoms with van der Waals surface area (Å²) in [7, 11) is 0. The van der Waals surface area contributed by atoms with Crippen LogP contribution in [0.1, 0.15) is 19.0 Å². The number of H-pyrrole nitrogens is 1. The number of piperidine rings is 1. The zero-order chi connectivity index (χ0) is 20.5. The molecule has 5 heterocycles. The van der Waals surface area contributed by atoms with Gasteiger partial charge in [-0.05, 0) is 42.9 Å². The van der Waals surface area contributed by atoms with Gasteiger partial charge in [0.1, 0.15) is 11.6 Å². The van der Waals surface area contributed by atoms with Crippen LogP contribution >= 0.6 is 0 Å². The fourth-order valence-corrected chi connectivity index (χ4v) is 4.89. The van der Waals surface area contributed by atoms with Crippen molar-refractivity contribution in [2.45, 2.75) is 25.8 Å². The molecule has 1 N–H and O–H groups in total. The van der Waals surface area contributed by atoms with E-state index in [2.05, 4.69) is 33.9 Å². The van der Waals surface area contributed by atoms with Crippen molar-refractivity contribution in [3.63, 3.8) is 0 Å². The lowest BCUT2D eigenvalue weighted by molar-refractivity contribution is -0.0705. The number of pyridine rings is 1. The van der Waals surface area contributed by atoms with Crippen LogP contribution in [0.15, 0.2) is 36.8 Å². The number of hydrogen-bond acceptors (Lipinski definition) is 6. The Morgan fingerprint density at radius 3 is 3.00 bits per heavy atom. The van der Waals surface area contributed by atoms with Gasteiger partial charge in [0.15, 0.2) is 5.65 Å². The molecule has 154 valence electrons. The van der Waals surface area contributed by atoms with Gasteiger partial charge in [-0.25, -0.2) is 9.97 Å². The maximum Gasteiger partial charge on any atom is 0.156 e. The Balaban J connectivity index is 1.38. The molecule has 0 bridgehead atoms. The molecular formula is C23H26N6O. The smallest absolute Gasteiger partial charge is 0.156 e. The van der Waals surface area contributed by atoms with Gasteiger partial charge in [0, 0.05) is 37.0 Å². The van der Waals surface area contributed by atoms with Gasteiger partial charge in [-0.3, -0.25) is 9.88 Å². The average Bonchev–Trinajstić information content (AvgIpc) is 3.18. The summed E-state index contributed by atoms with van der Waals surface area (Å²) in [6, 6.07) is 8.47. The number of hydrogen-bond donors (Lipinski definition) is 1. The number of aromatic nitrogens is 4. The molecule has 0 saturated carbocycles. The van der Waals surface area contributed by atoms with Gasteiger partial charge < -0.3 is 9.72 Å². The first-order chi connectivity index (χ1) is 14.7. The number of nitrogens with one attached hydrogen (secondary N) is 1. The summed E-state index contributed by atoms with van der Waals surface area (Å²) < 4.78 is 5.34. The minimum atomic E-state index is -0.0472. The van der Waals surface area contributed by atoms with E-state index >= 15 is 0 Å². The second kappa shape index (κ2) is 8.13. The molecule has 2 saturated heterocycles. The molecule has 3 atom stereocenters. The van der Waals surface area contributed by atoms with E-state index in [0.717, 1.165) is 54.0 Å². The molecule has 3 aromatic heterocycles. The molecule has 5 rings (SSSR count). The Bertz CT molecular complexity index is 1070. The highest BCUT2D eigenvalue weighted by Gasteiger charge is 2.37. The monoisotopic (exact) mass is 402 g/mol. The molecule has 0 aromatic carbocycles. The van der Waals surface area contributed by atoms with Gasteiger partial charge in [0.25, 0.3) is 0 Å². The predicted octanol–water partition coefficient (Wildman–Crippen LogP) is 3.06. The molecule has 0 radical (unpaired) electrons. The molecule has 1 unspecified atom stereocenters. The van der Waals surface area contributed by atoms with Crippen LogP contribution in [0.5, 0.6) is 0 Å². The van der Waals surface area contributed by atoms with Crippen LogP contribution in [0.2, 0.25) is 0 Å². The molecular weight excluding hydrogens is 376 g/mol. The zero-order valence-corrected chi connectivity index (χ0v) is 17.2. The van der Waals surface area contributed by atoms with Gasteiger partial charge in [-0.15, -0.1) is 0 Å². The van der Waals surface area contributed by atoms with Crippen molar-refractivity contribution in [1.82, 2.24) is 24.8 Å². The predicted molar refractivity (Wildman–Crippen MR) is 113 cm³/mol. The van der Waals surface area contributed by atoms with Crippen molar-refractivity contribution in [2.75, 3.05) is 26.3 Å². The second-order valence-corrected chi connectivity index (χ2v) is 8.70. The first kappa shape index (κ1) is 19.2. The molecule has 0 amide bonds. The van der Waals surface area contributed by atoms with Crippen molar-refractivity contribution in [3.8, 4) is 17.3 Å². The fraction of sp³-hybridized carbons (Fsp3) is 0.478. The van der Waals surface area contributed by atoms with E-state index < -0.39 is 0 Å². The SMILES string of the molecule is C[C@H]1C[C@H](Cc2ncccc2-c2cnc3[nH]ccc3n2)CN(C(C#N)C2COC2)C1. The highest BCUT2D eigenvalue weighted by molar-refractivity contribution is 5.74. The van der Waals surface area contributed by atoms with Gasteiger partial charge >= 0.3 is 0 Å². The Kier molecular flexibility index (Phi) is 5.19.